The van der Waals surface area contributed by atoms with E-state index < -0.39 is 17.1 Å². The molecule has 0 aromatic carbocycles. The van der Waals surface area contributed by atoms with Gasteiger partial charge in [0.15, 0.2) is 0 Å². The van der Waals surface area contributed by atoms with Crippen molar-refractivity contribution >= 4 is 6.29 Å². The molecule has 0 radical (unpaired) electrons. The summed E-state index contributed by atoms with van der Waals surface area (Å²) in [6.07, 6.45) is 7.78. The summed E-state index contributed by atoms with van der Waals surface area (Å²) in [6.45, 7) is 2.31. The van der Waals surface area contributed by atoms with Gasteiger partial charge >= 0.3 is 5.63 Å². The van der Waals surface area contributed by atoms with Gasteiger partial charge in [-0.15, -0.1) is 0 Å². The predicted octanol–water partition coefficient (Wildman–Crippen LogP) is 2.55. The van der Waals surface area contributed by atoms with Gasteiger partial charge in [-0.25, -0.2) is 4.79 Å². The number of aliphatic hydroxyl groups is 2. The fourth-order valence-electron chi connectivity index (χ4n) is 8.69. The number of ether oxygens (including phenoxy) is 1. The van der Waals surface area contributed by atoms with Crippen molar-refractivity contribution < 1.29 is 24.2 Å². The Labute approximate surface area is 175 Å². The molecular formula is C24H30O6. The Morgan fingerprint density at radius 2 is 1.93 bits per heavy atom. The van der Waals surface area contributed by atoms with Crippen molar-refractivity contribution in [3.05, 3.63) is 34.4 Å². The van der Waals surface area contributed by atoms with Crippen LogP contribution in [0, 0.1) is 22.7 Å². The Morgan fingerprint density at radius 3 is 2.67 bits per heavy atom. The molecule has 2 heterocycles. The summed E-state index contributed by atoms with van der Waals surface area (Å²) >= 11 is 0. The van der Waals surface area contributed by atoms with Gasteiger partial charge in [0.1, 0.15) is 11.9 Å². The lowest BCUT2D eigenvalue weighted by Crippen LogP contribution is -2.66. The van der Waals surface area contributed by atoms with Gasteiger partial charge in [-0.3, -0.25) is 0 Å². The molecule has 6 nitrogen and oxygen atoms in total. The SMILES string of the molecule is CC12CC[C@H]3C(CCC4(O)CC(O)CCC34C=O)C13OC3CC2c1ccc(=O)oc1. The number of fused-ring (bicyclic) bond motifs is 3. The van der Waals surface area contributed by atoms with Crippen LogP contribution < -0.4 is 5.63 Å². The van der Waals surface area contributed by atoms with Crippen molar-refractivity contribution in [2.75, 3.05) is 0 Å². The summed E-state index contributed by atoms with van der Waals surface area (Å²) in [7, 11) is 0. The van der Waals surface area contributed by atoms with E-state index in [1.807, 2.05) is 6.07 Å². The monoisotopic (exact) mass is 414 g/mol. The van der Waals surface area contributed by atoms with Gasteiger partial charge in [-0.2, -0.15) is 0 Å². The second kappa shape index (κ2) is 5.84. The van der Waals surface area contributed by atoms with Crippen LogP contribution in [0.5, 0.6) is 0 Å². The minimum atomic E-state index is -1.11. The standard InChI is InChI=1S/C24H30O6/c1-21-7-5-16-17(6-9-23(28)11-15(26)4-8-22(16,23)13-25)24(21)19(30-24)10-18(21)14-2-3-20(27)29-12-14/h2-3,12-13,15-19,26,28H,4-11H2,1H3/t15?,16-,17?,18?,19?,21?,22?,23?,24?/m0/s1. The molecule has 4 saturated carbocycles. The van der Waals surface area contributed by atoms with Crippen LogP contribution in [-0.4, -0.2) is 39.9 Å². The van der Waals surface area contributed by atoms with Gasteiger partial charge in [0, 0.05) is 17.9 Å². The van der Waals surface area contributed by atoms with Crippen LogP contribution >= 0.6 is 0 Å². The summed E-state index contributed by atoms with van der Waals surface area (Å²) < 4.78 is 11.7. The second-order valence-corrected chi connectivity index (χ2v) is 10.9. The predicted molar refractivity (Wildman–Crippen MR) is 107 cm³/mol. The fraction of sp³-hybridized carbons (Fsp3) is 0.750. The molecule has 4 aliphatic carbocycles. The summed E-state index contributed by atoms with van der Waals surface area (Å²) in [4.78, 5) is 24.0. The van der Waals surface area contributed by atoms with Gasteiger partial charge in [-0.1, -0.05) is 6.92 Å². The van der Waals surface area contributed by atoms with Crippen LogP contribution in [0.2, 0.25) is 0 Å². The molecular weight excluding hydrogens is 384 g/mol. The maximum absolute atomic E-state index is 12.6. The van der Waals surface area contributed by atoms with Gasteiger partial charge in [0.25, 0.3) is 0 Å². The molecule has 5 aliphatic rings. The first-order chi connectivity index (χ1) is 14.3. The van der Waals surface area contributed by atoms with E-state index in [1.165, 1.54) is 6.07 Å². The average molecular weight is 414 g/mol. The minimum absolute atomic E-state index is 0.0769. The smallest absolute Gasteiger partial charge is 0.335 e. The number of rotatable bonds is 2. The molecule has 0 bridgehead atoms. The van der Waals surface area contributed by atoms with Crippen molar-refractivity contribution in [3.63, 3.8) is 0 Å². The van der Waals surface area contributed by atoms with E-state index in [0.29, 0.717) is 25.7 Å². The van der Waals surface area contributed by atoms with Crippen molar-refractivity contribution in [2.24, 2.45) is 22.7 Å². The molecule has 162 valence electrons. The first-order valence-electron chi connectivity index (χ1n) is 11.4. The molecule has 2 N–H and O–H groups in total. The summed E-state index contributed by atoms with van der Waals surface area (Å²) in [5.41, 5.74) is -1.50. The number of hydrogen-bond acceptors (Lipinski definition) is 6. The maximum atomic E-state index is 12.6. The molecule has 1 spiro atoms. The highest BCUT2D eigenvalue weighted by atomic mass is 16.6. The Kier molecular flexibility index (Phi) is 3.74. The third-order valence-electron chi connectivity index (χ3n) is 10.1. The highest BCUT2D eigenvalue weighted by molar-refractivity contribution is 5.64. The fourth-order valence-corrected chi connectivity index (χ4v) is 8.69. The largest absolute Gasteiger partial charge is 0.431 e. The number of epoxide rings is 1. The number of carbonyl (C=O) groups is 1. The zero-order valence-electron chi connectivity index (χ0n) is 17.4. The van der Waals surface area contributed by atoms with Crippen molar-refractivity contribution in [2.45, 2.75) is 87.6 Å². The number of aldehydes is 1. The molecule has 1 saturated heterocycles. The average Bonchev–Trinajstić information content (AvgIpc) is 3.38. The highest BCUT2D eigenvalue weighted by Crippen LogP contribution is 2.78. The normalized spacial score (nSPS) is 53.8. The lowest BCUT2D eigenvalue weighted by atomic mass is 9.42. The number of hydrogen-bond donors (Lipinski definition) is 2. The van der Waals surface area contributed by atoms with Crippen molar-refractivity contribution in [3.8, 4) is 0 Å². The van der Waals surface area contributed by atoms with Crippen molar-refractivity contribution in [1.82, 2.24) is 0 Å². The second-order valence-electron chi connectivity index (χ2n) is 10.9. The molecule has 1 aromatic rings. The van der Waals surface area contributed by atoms with E-state index >= 15 is 0 Å². The molecule has 5 fully saturated rings. The van der Waals surface area contributed by atoms with E-state index in [2.05, 4.69) is 6.92 Å². The first-order valence-corrected chi connectivity index (χ1v) is 11.4. The Balaban J connectivity index is 1.39. The third kappa shape index (κ3) is 2.06. The van der Waals surface area contributed by atoms with Crippen LogP contribution in [0.15, 0.2) is 27.6 Å². The highest BCUT2D eigenvalue weighted by Gasteiger charge is 2.81. The quantitative estimate of drug-likeness (QED) is 0.570. The first kappa shape index (κ1) is 19.2. The lowest BCUT2D eigenvalue weighted by Gasteiger charge is -2.62. The topological polar surface area (TPSA) is 100 Å². The van der Waals surface area contributed by atoms with Gasteiger partial charge in [-0.05, 0) is 74.3 Å². The summed E-state index contributed by atoms with van der Waals surface area (Å²) in [5.74, 6) is 0.595. The van der Waals surface area contributed by atoms with E-state index in [-0.39, 0.29) is 40.5 Å². The zero-order valence-corrected chi connectivity index (χ0v) is 17.4. The zero-order chi connectivity index (χ0) is 20.9. The van der Waals surface area contributed by atoms with Crippen LogP contribution in [0.4, 0.5) is 0 Å². The molecule has 9 atom stereocenters. The molecule has 1 aromatic heterocycles. The van der Waals surface area contributed by atoms with Gasteiger partial charge < -0.3 is 24.2 Å². The van der Waals surface area contributed by atoms with E-state index in [9.17, 15) is 19.8 Å². The Morgan fingerprint density at radius 1 is 1.13 bits per heavy atom. The maximum Gasteiger partial charge on any atom is 0.335 e. The molecule has 1 aliphatic heterocycles. The molecule has 30 heavy (non-hydrogen) atoms. The van der Waals surface area contributed by atoms with E-state index in [0.717, 1.165) is 37.5 Å². The van der Waals surface area contributed by atoms with Crippen LogP contribution in [0.3, 0.4) is 0 Å². The number of aliphatic hydroxyl groups excluding tert-OH is 1. The van der Waals surface area contributed by atoms with Gasteiger partial charge in [0.2, 0.25) is 0 Å². The van der Waals surface area contributed by atoms with E-state index in [4.69, 9.17) is 9.15 Å². The third-order valence-corrected chi connectivity index (χ3v) is 10.1. The van der Waals surface area contributed by atoms with Crippen LogP contribution in [0.25, 0.3) is 0 Å². The van der Waals surface area contributed by atoms with Crippen LogP contribution in [-0.2, 0) is 9.53 Å². The van der Waals surface area contributed by atoms with Gasteiger partial charge in [0.05, 0.1) is 29.5 Å². The van der Waals surface area contributed by atoms with Crippen molar-refractivity contribution in [1.29, 1.82) is 0 Å². The summed E-state index contributed by atoms with van der Waals surface area (Å²) in [5, 5.41) is 21.8. The number of carbonyl (C=O) groups excluding carboxylic acids is 1. The molecule has 8 unspecified atom stereocenters. The van der Waals surface area contributed by atoms with Crippen LogP contribution in [0.1, 0.15) is 69.8 Å². The minimum Gasteiger partial charge on any atom is -0.431 e. The molecule has 6 rings (SSSR count). The Bertz CT molecular complexity index is 937. The Hall–Kier alpha value is -1.50. The molecule has 6 heteroatoms. The van der Waals surface area contributed by atoms with E-state index in [1.54, 1.807) is 6.26 Å². The summed E-state index contributed by atoms with van der Waals surface area (Å²) in [6, 6.07) is 3.39. The lowest BCUT2D eigenvalue weighted by molar-refractivity contribution is -0.218. The molecule has 0 amide bonds.